The number of benzene rings is 2. The maximum absolute atomic E-state index is 14.5. The summed E-state index contributed by atoms with van der Waals surface area (Å²) in [6.07, 6.45) is -1.17. The monoisotopic (exact) mass is 545 g/mol. The van der Waals surface area contributed by atoms with Crippen molar-refractivity contribution in [1.82, 2.24) is 0 Å². The molecular weight excluding hydrogens is 509 g/mol. The van der Waals surface area contributed by atoms with Gasteiger partial charge in [0.05, 0.1) is 25.5 Å². The molecule has 38 heavy (non-hydrogen) atoms. The van der Waals surface area contributed by atoms with Gasteiger partial charge in [0.1, 0.15) is 11.0 Å². The average Bonchev–Trinajstić information content (AvgIpc) is 3.10. The van der Waals surface area contributed by atoms with Gasteiger partial charge in [0.15, 0.2) is 5.66 Å². The third-order valence-electron chi connectivity index (χ3n) is 6.07. The highest BCUT2D eigenvalue weighted by Crippen LogP contribution is 2.59. The third kappa shape index (κ3) is 5.70. The fourth-order valence-corrected chi connectivity index (χ4v) is 6.66. The Morgan fingerprint density at radius 3 is 2.05 bits per heavy atom. The van der Waals surface area contributed by atoms with Crippen molar-refractivity contribution in [3.63, 3.8) is 0 Å². The summed E-state index contributed by atoms with van der Waals surface area (Å²) in [5, 5.41) is 0. The van der Waals surface area contributed by atoms with E-state index in [4.69, 9.17) is 18.5 Å². The van der Waals surface area contributed by atoms with Gasteiger partial charge in [-0.2, -0.15) is 0 Å². The molecule has 0 fully saturated rings. The first kappa shape index (κ1) is 29.6. The minimum Gasteiger partial charge on any atom is -0.465 e. The van der Waals surface area contributed by atoms with Crippen LogP contribution in [-0.4, -0.2) is 49.1 Å². The highest BCUT2D eigenvalue weighted by atomic mass is 31.2. The highest BCUT2D eigenvalue weighted by Gasteiger charge is 2.59. The molecule has 1 heterocycles. The lowest BCUT2D eigenvalue weighted by Crippen LogP contribution is -2.48. The maximum Gasteiger partial charge on any atom is 0.421 e. The first-order valence-electron chi connectivity index (χ1n) is 12.7. The predicted octanol–water partition coefficient (Wildman–Crippen LogP) is 5.84. The van der Waals surface area contributed by atoms with E-state index in [1.807, 2.05) is 0 Å². The van der Waals surface area contributed by atoms with E-state index in [1.165, 1.54) is 0 Å². The van der Waals surface area contributed by atoms with Crippen LogP contribution in [0.2, 0.25) is 0 Å². The molecule has 2 atom stereocenters. The molecule has 10 heteroatoms. The number of hydrogen-bond acceptors (Lipinski definition) is 8. The molecule has 1 aliphatic rings. The average molecular weight is 546 g/mol. The molecule has 0 spiro atoms. The molecule has 206 valence electrons. The van der Waals surface area contributed by atoms with Crippen LogP contribution in [0, 0.1) is 0 Å². The van der Waals surface area contributed by atoms with E-state index in [0.717, 1.165) is 4.90 Å². The van der Waals surface area contributed by atoms with Crippen molar-refractivity contribution in [3.05, 3.63) is 65.7 Å². The van der Waals surface area contributed by atoms with Crippen molar-refractivity contribution in [2.24, 2.45) is 0 Å². The lowest BCUT2D eigenvalue weighted by atomic mass is 9.72. The number of hydrogen-bond donors (Lipinski definition) is 0. The molecule has 2 aromatic carbocycles. The Balaban J connectivity index is 2.30. The van der Waals surface area contributed by atoms with Crippen LogP contribution < -0.4 is 4.90 Å². The molecule has 2 amide bonds. The molecule has 0 N–H and O–H groups in total. The molecule has 0 bridgehead atoms. The van der Waals surface area contributed by atoms with Gasteiger partial charge in [-0.25, -0.2) is 9.69 Å². The van der Waals surface area contributed by atoms with E-state index in [2.05, 4.69) is 0 Å². The molecular formula is C28H36NO8P. The number of imide groups is 1. The number of para-hydroxylation sites is 1. The summed E-state index contributed by atoms with van der Waals surface area (Å²) >= 11 is 0. The van der Waals surface area contributed by atoms with Crippen LogP contribution in [0.25, 0.3) is 0 Å². The van der Waals surface area contributed by atoms with Gasteiger partial charge in [0.25, 0.3) is 5.91 Å². The summed E-state index contributed by atoms with van der Waals surface area (Å²) in [6, 6.07) is 15.6. The van der Waals surface area contributed by atoms with E-state index in [9.17, 15) is 18.9 Å². The van der Waals surface area contributed by atoms with Crippen molar-refractivity contribution in [2.45, 2.75) is 64.6 Å². The summed E-state index contributed by atoms with van der Waals surface area (Å²) in [5.41, 5.74) is -2.60. The van der Waals surface area contributed by atoms with Crippen molar-refractivity contribution >= 4 is 31.3 Å². The van der Waals surface area contributed by atoms with E-state index in [1.54, 1.807) is 96.1 Å². The third-order valence-corrected chi connectivity index (χ3v) is 8.47. The SMILES string of the molecule is CCOC(=O)C(CC1(c2ccccc2)C(=O)N(C(=O)OC(C)(C)C)c2ccccc21)P(=O)(OCC)OCC. The van der Waals surface area contributed by atoms with Crippen LogP contribution in [0.5, 0.6) is 0 Å². The van der Waals surface area contributed by atoms with Crippen molar-refractivity contribution in [2.75, 3.05) is 24.7 Å². The fraction of sp³-hybridized carbons (Fsp3) is 0.464. The lowest BCUT2D eigenvalue weighted by Gasteiger charge is -2.34. The van der Waals surface area contributed by atoms with Crippen molar-refractivity contribution in [1.29, 1.82) is 0 Å². The largest absolute Gasteiger partial charge is 0.465 e. The van der Waals surface area contributed by atoms with Crippen LogP contribution in [0.15, 0.2) is 54.6 Å². The van der Waals surface area contributed by atoms with Gasteiger partial charge in [-0.3, -0.25) is 14.2 Å². The Kier molecular flexibility index (Phi) is 9.18. The van der Waals surface area contributed by atoms with Crippen molar-refractivity contribution < 1.29 is 37.5 Å². The summed E-state index contributed by atoms with van der Waals surface area (Å²) in [7, 11) is -4.11. The van der Waals surface area contributed by atoms with Crippen LogP contribution in [0.3, 0.4) is 0 Å². The summed E-state index contributed by atoms with van der Waals surface area (Å²) in [4.78, 5) is 42.2. The molecule has 3 rings (SSSR count). The topological polar surface area (TPSA) is 108 Å². The number of ether oxygens (including phenoxy) is 2. The normalized spacial score (nSPS) is 18.2. The molecule has 2 unspecified atom stereocenters. The predicted molar refractivity (Wildman–Crippen MR) is 143 cm³/mol. The molecule has 0 aliphatic carbocycles. The Labute approximate surface area is 223 Å². The molecule has 1 aliphatic heterocycles. The first-order chi connectivity index (χ1) is 17.9. The zero-order chi connectivity index (χ0) is 28.1. The van der Waals surface area contributed by atoms with Gasteiger partial charge in [0.2, 0.25) is 0 Å². The summed E-state index contributed by atoms with van der Waals surface area (Å²) < 4.78 is 36.1. The Bertz CT molecular complexity index is 1200. The molecule has 0 saturated heterocycles. The van der Waals surface area contributed by atoms with Crippen LogP contribution in [0.4, 0.5) is 10.5 Å². The van der Waals surface area contributed by atoms with Gasteiger partial charge in [-0.15, -0.1) is 0 Å². The second-order valence-corrected chi connectivity index (χ2v) is 12.0. The van der Waals surface area contributed by atoms with Crippen molar-refractivity contribution in [3.8, 4) is 0 Å². The summed E-state index contributed by atoms with van der Waals surface area (Å²) in [6.45, 7) is 10.1. The molecule has 2 aromatic rings. The summed E-state index contributed by atoms with van der Waals surface area (Å²) in [5.74, 6) is -1.44. The van der Waals surface area contributed by atoms with Gasteiger partial charge in [-0.1, -0.05) is 48.5 Å². The minimum absolute atomic E-state index is 0.0140. The van der Waals surface area contributed by atoms with Gasteiger partial charge in [-0.05, 0) is 65.2 Å². The Hall–Kier alpha value is -3.00. The van der Waals surface area contributed by atoms with Gasteiger partial charge in [0, 0.05) is 0 Å². The van der Waals surface area contributed by atoms with Crippen LogP contribution >= 0.6 is 7.60 Å². The van der Waals surface area contributed by atoms with E-state index >= 15 is 0 Å². The number of carbonyl (C=O) groups excluding carboxylic acids is 3. The number of nitrogens with zero attached hydrogens (tertiary/aromatic N) is 1. The van der Waals surface area contributed by atoms with Crippen LogP contribution in [-0.2, 0) is 38.1 Å². The highest BCUT2D eigenvalue weighted by molar-refractivity contribution is 7.55. The standard InChI is InChI=1S/C28H36NO8P/c1-7-34-24(30)23(38(33,35-8-2)36-9-3)19-28(20-15-11-10-12-16-20)21-17-13-14-18-22(21)29(25(28)31)26(32)37-27(4,5)6/h10-18,23H,7-9,19H2,1-6H3. The second kappa shape index (κ2) is 11.8. The quantitative estimate of drug-likeness (QED) is 0.271. The van der Waals surface area contributed by atoms with Crippen LogP contribution in [0.1, 0.15) is 59.1 Å². The zero-order valence-corrected chi connectivity index (χ0v) is 23.7. The van der Waals surface area contributed by atoms with E-state index < -0.39 is 42.2 Å². The number of carbonyl (C=O) groups is 3. The fourth-order valence-electron chi connectivity index (χ4n) is 4.68. The van der Waals surface area contributed by atoms with Gasteiger partial charge >= 0.3 is 19.7 Å². The number of esters is 1. The number of amides is 2. The minimum atomic E-state index is -4.11. The molecule has 0 radical (unpaired) electrons. The van der Waals surface area contributed by atoms with Gasteiger partial charge < -0.3 is 18.5 Å². The number of rotatable bonds is 10. The number of fused-ring (bicyclic) bond motifs is 1. The molecule has 0 aromatic heterocycles. The zero-order valence-electron chi connectivity index (χ0n) is 22.8. The van der Waals surface area contributed by atoms with E-state index in [0.29, 0.717) is 16.8 Å². The maximum atomic E-state index is 14.5. The number of anilines is 1. The Morgan fingerprint density at radius 1 is 0.921 bits per heavy atom. The molecule has 0 saturated carbocycles. The second-order valence-electron chi connectivity index (χ2n) is 9.76. The first-order valence-corrected chi connectivity index (χ1v) is 14.3. The Morgan fingerprint density at radius 2 is 1.50 bits per heavy atom. The van der Waals surface area contributed by atoms with E-state index in [-0.39, 0.29) is 26.2 Å². The molecule has 9 nitrogen and oxygen atoms in total. The lowest BCUT2D eigenvalue weighted by molar-refractivity contribution is -0.143. The smallest absolute Gasteiger partial charge is 0.421 e.